The first-order valence-corrected chi connectivity index (χ1v) is 11.6. The van der Waals surface area contributed by atoms with E-state index in [1.807, 2.05) is 24.3 Å². The van der Waals surface area contributed by atoms with Crippen molar-refractivity contribution >= 4 is 28.6 Å². The third-order valence-corrected chi connectivity index (χ3v) is 6.35. The predicted octanol–water partition coefficient (Wildman–Crippen LogP) is 7.75. The summed E-state index contributed by atoms with van der Waals surface area (Å²) in [5.74, 6) is -0.888. The first-order chi connectivity index (χ1) is 16.3. The minimum atomic E-state index is -0.608. The summed E-state index contributed by atoms with van der Waals surface area (Å²) in [7, 11) is 1.47. The molecule has 0 aliphatic rings. The van der Waals surface area contributed by atoms with Crippen LogP contribution in [-0.4, -0.2) is 13.1 Å². The standard InChI is InChI=1S/C28H21F2IO3/c1-16-14-19(23-11-9-21(33-3)15-25(23)29)6-10-22(16)28(32)34-26-13-12-24(27(30)17(26)2)18-4-7-20(31)8-5-18/h4-15H,1-3H3. The van der Waals surface area contributed by atoms with Crippen LogP contribution < -0.4 is 9.47 Å². The second-order valence-electron chi connectivity index (χ2n) is 7.82. The number of ether oxygens (including phenoxy) is 2. The molecule has 4 rings (SSSR count). The van der Waals surface area contributed by atoms with Gasteiger partial charge in [0.05, 0.1) is 12.7 Å². The Labute approximate surface area is 210 Å². The second-order valence-corrected chi connectivity index (χ2v) is 9.07. The highest BCUT2D eigenvalue weighted by atomic mass is 127. The lowest BCUT2D eigenvalue weighted by atomic mass is 9.99. The Morgan fingerprint density at radius 1 is 0.824 bits per heavy atom. The highest BCUT2D eigenvalue weighted by molar-refractivity contribution is 14.1. The van der Waals surface area contributed by atoms with E-state index >= 15 is 4.39 Å². The third-order valence-electron chi connectivity index (χ3n) is 5.63. The maximum atomic E-state index is 15.1. The summed E-state index contributed by atoms with van der Waals surface area (Å²) in [6, 6.07) is 20.3. The van der Waals surface area contributed by atoms with E-state index in [2.05, 4.69) is 22.6 Å². The molecule has 6 heteroatoms. The lowest BCUT2D eigenvalue weighted by Crippen LogP contribution is -2.11. The van der Waals surface area contributed by atoms with Crippen LogP contribution in [0.2, 0.25) is 0 Å². The van der Waals surface area contributed by atoms with Crippen LogP contribution in [-0.2, 0) is 0 Å². The van der Waals surface area contributed by atoms with Crippen molar-refractivity contribution in [1.29, 1.82) is 0 Å². The van der Waals surface area contributed by atoms with E-state index in [1.54, 1.807) is 56.3 Å². The summed E-state index contributed by atoms with van der Waals surface area (Å²) < 4.78 is 41.2. The van der Waals surface area contributed by atoms with Gasteiger partial charge in [-0.15, -0.1) is 0 Å². The van der Waals surface area contributed by atoms with Crippen molar-refractivity contribution in [3.8, 4) is 33.8 Å². The lowest BCUT2D eigenvalue weighted by Gasteiger charge is -2.13. The molecule has 0 atom stereocenters. The normalized spacial score (nSPS) is 10.8. The van der Waals surface area contributed by atoms with Crippen LogP contribution in [0.5, 0.6) is 11.5 Å². The first-order valence-electron chi connectivity index (χ1n) is 10.5. The van der Waals surface area contributed by atoms with E-state index in [0.29, 0.717) is 33.6 Å². The number of carbonyl (C=O) groups is 1. The Morgan fingerprint density at radius 3 is 2.15 bits per heavy atom. The molecule has 0 aliphatic carbocycles. The number of hydrogen-bond donors (Lipinski definition) is 0. The minimum absolute atomic E-state index is 0.154. The summed E-state index contributed by atoms with van der Waals surface area (Å²) >= 11 is 2.19. The molecule has 4 aromatic rings. The maximum Gasteiger partial charge on any atom is 0.343 e. The zero-order valence-corrected chi connectivity index (χ0v) is 20.9. The SMILES string of the molecule is COc1ccc(-c2ccc(C(=O)Oc3ccc(-c4ccc(I)cc4)c(F)c3C)c(C)c2)c(F)c1. The number of carbonyl (C=O) groups excluding carboxylic acids is 1. The van der Waals surface area contributed by atoms with Crippen molar-refractivity contribution in [1.82, 2.24) is 0 Å². The summed E-state index contributed by atoms with van der Waals surface area (Å²) in [6.45, 7) is 3.32. The summed E-state index contributed by atoms with van der Waals surface area (Å²) in [5.41, 5.74) is 3.39. The van der Waals surface area contributed by atoms with Gasteiger partial charge in [-0.05, 0) is 95.6 Å². The molecule has 0 heterocycles. The molecule has 0 aliphatic heterocycles. The quantitative estimate of drug-likeness (QED) is 0.140. The van der Waals surface area contributed by atoms with E-state index in [4.69, 9.17) is 9.47 Å². The fraction of sp³-hybridized carbons (Fsp3) is 0.107. The fourth-order valence-corrected chi connectivity index (χ4v) is 4.06. The van der Waals surface area contributed by atoms with Crippen LogP contribution in [0.4, 0.5) is 8.78 Å². The zero-order valence-electron chi connectivity index (χ0n) is 18.8. The number of halogens is 3. The van der Waals surface area contributed by atoms with Gasteiger partial charge in [-0.3, -0.25) is 0 Å². The molecule has 0 radical (unpaired) electrons. The first kappa shape index (κ1) is 23.9. The van der Waals surface area contributed by atoms with Crippen LogP contribution in [0.25, 0.3) is 22.3 Å². The molecule has 0 amide bonds. The number of methoxy groups -OCH3 is 1. The number of aryl methyl sites for hydroxylation is 1. The van der Waals surface area contributed by atoms with E-state index in [9.17, 15) is 9.18 Å². The highest BCUT2D eigenvalue weighted by Gasteiger charge is 2.18. The average Bonchev–Trinajstić information content (AvgIpc) is 2.82. The van der Waals surface area contributed by atoms with E-state index in [-0.39, 0.29) is 11.3 Å². The smallest absolute Gasteiger partial charge is 0.343 e. The molecular weight excluding hydrogens is 549 g/mol. The zero-order chi connectivity index (χ0) is 24.4. The van der Waals surface area contributed by atoms with Crippen molar-refractivity contribution in [2.24, 2.45) is 0 Å². The molecule has 0 bridgehead atoms. The topological polar surface area (TPSA) is 35.5 Å². The van der Waals surface area contributed by atoms with Gasteiger partial charge in [0.15, 0.2) is 0 Å². The molecular formula is C28H21F2IO3. The summed E-state index contributed by atoms with van der Waals surface area (Å²) in [4.78, 5) is 12.9. The second kappa shape index (κ2) is 9.93. The molecule has 0 N–H and O–H groups in total. The maximum absolute atomic E-state index is 15.1. The van der Waals surface area contributed by atoms with E-state index in [1.165, 1.54) is 13.2 Å². The van der Waals surface area contributed by atoms with Gasteiger partial charge in [-0.25, -0.2) is 13.6 Å². The largest absolute Gasteiger partial charge is 0.497 e. The van der Waals surface area contributed by atoms with Gasteiger partial charge in [-0.1, -0.05) is 24.3 Å². The highest BCUT2D eigenvalue weighted by Crippen LogP contribution is 2.32. The summed E-state index contributed by atoms with van der Waals surface area (Å²) in [5, 5.41) is 0. The molecule has 172 valence electrons. The molecule has 0 aromatic heterocycles. The molecule has 34 heavy (non-hydrogen) atoms. The van der Waals surface area contributed by atoms with Crippen molar-refractivity contribution < 1.29 is 23.0 Å². The van der Waals surface area contributed by atoms with E-state index in [0.717, 1.165) is 9.13 Å². The molecule has 0 saturated carbocycles. The Balaban J connectivity index is 1.58. The number of hydrogen-bond acceptors (Lipinski definition) is 3. The molecule has 3 nitrogen and oxygen atoms in total. The van der Waals surface area contributed by atoms with Gasteiger partial charge < -0.3 is 9.47 Å². The van der Waals surface area contributed by atoms with Gasteiger partial charge in [0.25, 0.3) is 0 Å². The monoisotopic (exact) mass is 570 g/mol. The Bertz CT molecular complexity index is 1380. The average molecular weight is 570 g/mol. The van der Waals surface area contributed by atoms with Gasteiger partial charge in [0.1, 0.15) is 23.1 Å². The van der Waals surface area contributed by atoms with Crippen molar-refractivity contribution in [2.75, 3.05) is 7.11 Å². The molecule has 4 aromatic carbocycles. The van der Waals surface area contributed by atoms with Crippen LogP contribution in [0, 0.1) is 29.1 Å². The van der Waals surface area contributed by atoms with Crippen molar-refractivity contribution in [3.63, 3.8) is 0 Å². The molecule has 0 saturated heterocycles. The van der Waals surface area contributed by atoms with Crippen LogP contribution >= 0.6 is 22.6 Å². The van der Waals surface area contributed by atoms with Gasteiger partial charge in [0, 0.05) is 26.3 Å². The Morgan fingerprint density at radius 2 is 1.50 bits per heavy atom. The fourth-order valence-electron chi connectivity index (χ4n) is 3.70. The number of esters is 1. The van der Waals surface area contributed by atoms with Crippen molar-refractivity contribution in [3.05, 3.63) is 105 Å². The number of rotatable bonds is 5. The Kier molecular flexibility index (Phi) is 6.97. The van der Waals surface area contributed by atoms with Crippen LogP contribution in [0.3, 0.4) is 0 Å². The molecule has 0 fully saturated rings. The molecule has 0 spiro atoms. The lowest BCUT2D eigenvalue weighted by molar-refractivity contribution is 0.0732. The van der Waals surface area contributed by atoms with Gasteiger partial charge in [-0.2, -0.15) is 0 Å². The van der Waals surface area contributed by atoms with Gasteiger partial charge in [0.2, 0.25) is 0 Å². The van der Waals surface area contributed by atoms with Crippen LogP contribution in [0.1, 0.15) is 21.5 Å². The third kappa shape index (κ3) is 4.82. The van der Waals surface area contributed by atoms with E-state index < -0.39 is 17.6 Å². The number of benzene rings is 4. The van der Waals surface area contributed by atoms with Crippen LogP contribution in [0.15, 0.2) is 72.8 Å². The Hall–Kier alpha value is -3.26. The predicted molar refractivity (Wildman–Crippen MR) is 137 cm³/mol. The van der Waals surface area contributed by atoms with Crippen molar-refractivity contribution in [2.45, 2.75) is 13.8 Å². The molecule has 0 unspecified atom stereocenters. The minimum Gasteiger partial charge on any atom is -0.497 e. The van der Waals surface area contributed by atoms with Gasteiger partial charge >= 0.3 is 5.97 Å². The summed E-state index contributed by atoms with van der Waals surface area (Å²) in [6.07, 6.45) is 0.